The Morgan fingerprint density at radius 1 is 1.25 bits per heavy atom. The van der Waals surface area contributed by atoms with Gasteiger partial charge in [-0.15, -0.1) is 0 Å². The first-order valence-corrected chi connectivity index (χ1v) is 13.6. The zero-order valence-electron chi connectivity index (χ0n) is 21.9. The van der Waals surface area contributed by atoms with Crippen molar-refractivity contribution >= 4 is 34.7 Å². The van der Waals surface area contributed by atoms with Crippen LogP contribution in [0.15, 0.2) is 41.5 Å². The van der Waals surface area contributed by atoms with E-state index in [1.54, 1.807) is 6.92 Å². The van der Waals surface area contributed by atoms with Crippen molar-refractivity contribution in [2.24, 2.45) is 22.6 Å². The SMILES string of the molecule is CC1CC(C(=O)N2CCC(C(F)(F)F)CC2)SC(N)=N[C@]1(C)c1cc(/C=C(\F)c2ccc(C#N)cn2)ccc1F. The number of hydrogen-bond acceptors (Lipinski definition) is 6. The molecule has 0 spiro atoms. The van der Waals surface area contributed by atoms with Gasteiger partial charge in [0.2, 0.25) is 5.91 Å². The predicted molar refractivity (Wildman–Crippen MR) is 144 cm³/mol. The van der Waals surface area contributed by atoms with E-state index in [2.05, 4.69) is 9.98 Å². The van der Waals surface area contributed by atoms with Crippen molar-refractivity contribution in [1.29, 1.82) is 5.26 Å². The highest BCUT2D eigenvalue weighted by Gasteiger charge is 2.45. The Morgan fingerprint density at radius 2 is 1.95 bits per heavy atom. The minimum Gasteiger partial charge on any atom is -0.378 e. The molecule has 1 aromatic carbocycles. The largest absolute Gasteiger partial charge is 0.391 e. The van der Waals surface area contributed by atoms with Crippen LogP contribution >= 0.6 is 11.8 Å². The van der Waals surface area contributed by atoms with Crippen LogP contribution in [0.5, 0.6) is 0 Å². The van der Waals surface area contributed by atoms with Crippen molar-refractivity contribution in [2.45, 2.75) is 50.1 Å². The Labute approximate surface area is 233 Å². The van der Waals surface area contributed by atoms with E-state index in [1.165, 1.54) is 47.5 Å². The van der Waals surface area contributed by atoms with Crippen molar-refractivity contribution in [2.75, 3.05) is 13.1 Å². The minimum atomic E-state index is -4.28. The zero-order valence-corrected chi connectivity index (χ0v) is 22.7. The van der Waals surface area contributed by atoms with Gasteiger partial charge in [0.25, 0.3) is 0 Å². The second-order valence-electron chi connectivity index (χ2n) is 10.3. The van der Waals surface area contributed by atoms with Gasteiger partial charge in [-0.1, -0.05) is 24.8 Å². The molecule has 2 unspecified atom stereocenters. The van der Waals surface area contributed by atoms with E-state index >= 15 is 4.39 Å². The molecule has 1 fully saturated rings. The summed E-state index contributed by atoms with van der Waals surface area (Å²) in [7, 11) is 0. The van der Waals surface area contributed by atoms with Gasteiger partial charge >= 0.3 is 6.18 Å². The molecule has 1 saturated heterocycles. The maximum atomic E-state index is 15.2. The Hall–Kier alpha value is -3.46. The lowest BCUT2D eigenvalue weighted by Crippen LogP contribution is -2.46. The summed E-state index contributed by atoms with van der Waals surface area (Å²) in [4.78, 5) is 23.2. The third-order valence-corrected chi connectivity index (χ3v) is 8.66. The van der Waals surface area contributed by atoms with Crippen LogP contribution in [0.3, 0.4) is 0 Å². The van der Waals surface area contributed by atoms with Crippen LogP contribution in [-0.2, 0) is 10.3 Å². The number of halogens is 5. The molecule has 2 N–H and O–H groups in total. The number of likely N-dealkylation sites (tertiary alicyclic amines) is 1. The fraction of sp³-hybridized carbons (Fsp3) is 0.429. The first-order valence-electron chi connectivity index (χ1n) is 12.7. The minimum absolute atomic E-state index is 0.00539. The van der Waals surface area contributed by atoms with Gasteiger partial charge in [-0.2, -0.15) is 18.4 Å². The smallest absolute Gasteiger partial charge is 0.378 e. The van der Waals surface area contributed by atoms with Crippen molar-refractivity contribution < 1.29 is 26.7 Å². The van der Waals surface area contributed by atoms with Crippen molar-refractivity contribution in [3.63, 3.8) is 0 Å². The number of alkyl halides is 3. The van der Waals surface area contributed by atoms with E-state index in [-0.39, 0.29) is 60.2 Å². The van der Waals surface area contributed by atoms with E-state index in [0.29, 0.717) is 5.56 Å². The molecular weight excluding hydrogens is 549 g/mol. The molecule has 4 rings (SSSR count). The number of amidine groups is 1. The molecule has 0 saturated carbocycles. The highest BCUT2D eigenvalue weighted by Crippen LogP contribution is 2.43. The Morgan fingerprint density at radius 3 is 2.55 bits per heavy atom. The summed E-state index contributed by atoms with van der Waals surface area (Å²) in [5, 5.41) is 8.28. The molecule has 1 aromatic heterocycles. The van der Waals surface area contributed by atoms with Gasteiger partial charge in [-0.25, -0.2) is 8.78 Å². The third-order valence-electron chi connectivity index (χ3n) is 7.64. The lowest BCUT2D eigenvalue weighted by atomic mass is 9.77. The normalized spacial score (nSPS) is 24.7. The van der Waals surface area contributed by atoms with Gasteiger partial charge in [0.05, 0.1) is 28.0 Å². The van der Waals surface area contributed by atoms with Crippen molar-refractivity contribution in [3.8, 4) is 6.07 Å². The number of piperidine rings is 1. The van der Waals surface area contributed by atoms with Gasteiger partial charge in [0, 0.05) is 24.8 Å². The summed E-state index contributed by atoms with van der Waals surface area (Å²) in [5.41, 5.74) is 5.79. The van der Waals surface area contributed by atoms with Crippen LogP contribution in [0.25, 0.3) is 11.9 Å². The molecule has 6 nitrogen and oxygen atoms in total. The maximum absolute atomic E-state index is 15.2. The summed E-state index contributed by atoms with van der Waals surface area (Å²) in [6.45, 7) is 3.51. The summed E-state index contributed by atoms with van der Waals surface area (Å²) >= 11 is 1.03. The van der Waals surface area contributed by atoms with Crippen LogP contribution in [0, 0.1) is 29.0 Å². The van der Waals surface area contributed by atoms with Gasteiger partial charge in [0.1, 0.15) is 17.7 Å². The lowest BCUT2D eigenvalue weighted by Gasteiger charge is -2.36. The molecule has 0 radical (unpaired) electrons. The second-order valence-corrected chi connectivity index (χ2v) is 11.5. The molecule has 1 amide bonds. The Kier molecular flexibility index (Phi) is 8.54. The molecule has 3 heterocycles. The number of pyridine rings is 1. The van der Waals surface area contributed by atoms with Crippen molar-refractivity contribution in [1.82, 2.24) is 9.88 Å². The molecule has 212 valence electrons. The van der Waals surface area contributed by atoms with E-state index < -0.39 is 40.4 Å². The fourth-order valence-electron chi connectivity index (χ4n) is 5.06. The van der Waals surface area contributed by atoms with Crippen molar-refractivity contribution in [3.05, 3.63) is 64.7 Å². The number of carbonyl (C=O) groups excluding carboxylic acids is 1. The Bertz CT molecular complexity index is 1360. The highest BCUT2D eigenvalue weighted by molar-refractivity contribution is 8.14. The molecule has 2 aliphatic rings. The molecule has 0 aliphatic carbocycles. The average molecular weight is 578 g/mol. The number of hydrogen-bond donors (Lipinski definition) is 1. The third kappa shape index (κ3) is 6.30. The first-order chi connectivity index (χ1) is 18.8. The van der Waals surface area contributed by atoms with Gasteiger partial charge in [-0.3, -0.25) is 14.8 Å². The van der Waals surface area contributed by atoms with Gasteiger partial charge in [0.15, 0.2) is 5.17 Å². The number of benzene rings is 1. The number of carbonyl (C=O) groups is 1. The standard InChI is InChI=1S/C28H28F5N5OS/c1-16-11-24(25(39)38-9-7-19(8-10-38)28(31,32)33)40-26(35)37-27(16,2)20-12-17(3-5-21(20)29)13-22(30)23-6-4-18(14-34)15-36-23/h3-6,12-13,15-16,19,24H,7-11H2,1-2H3,(H2,35,37)/b22-13-/t16?,24?,27-/m0/s1. The number of nitriles is 1. The lowest BCUT2D eigenvalue weighted by molar-refractivity contribution is -0.186. The van der Waals surface area contributed by atoms with Crippen LogP contribution in [0.4, 0.5) is 22.0 Å². The van der Waals surface area contributed by atoms with Gasteiger partial charge in [-0.05, 0) is 68.0 Å². The van der Waals surface area contributed by atoms with Crippen LogP contribution in [0.1, 0.15) is 55.5 Å². The van der Waals surface area contributed by atoms with E-state index in [9.17, 15) is 22.4 Å². The number of amides is 1. The Balaban J connectivity index is 1.56. The number of aliphatic imine (C=N–C) groups is 1. The maximum Gasteiger partial charge on any atom is 0.391 e. The topological polar surface area (TPSA) is 95.4 Å². The number of thioether (sulfide) groups is 1. The van der Waals surface area contributed by atoms with E-state index in [1.807, 2.05) is 13.0 Å². The molecule has 40 heavy (non-hydrogen) atoms. The van der Waals surface area contributed by atoms with Gasteiger partial charge < -0.3 is 10.6 Å². The zero-order chi connectivity index (χ0) is 29.2. The number of aromatic nitrogens is 1. The summed E-state index contributed by atoms with van der Waals surface area (Å²) < 4.78 is 69.3. The molecule has 2 aliphatic heterocycles. The number of nitrogens with zero attached hydrogens (tertiary/aromatic N) is 4. The number of nitrogens with two attached hydrogens (primary N) is 1. The summed E-state index contributed by atoms with van der Waals surface area (Å²) in [5.74, 6) is -3.40. The molecule has 0 bridgehead atoms. The second kappa shape index (κ2) is 11.6. The monoisotopic (exact) mass is 577 g/mol. The average Bonchev–Trinajstić information content (AvgIpc) is 3.04. The molecular formula is C28H28F5N5OS. The molecule has 12 heteroatoms. The number of rotatable bonds is 4. The predicted octanol–water partition coefficient (Wildman–Crippen LogP) is 6.03. The van der Waals surface area contributed by atoms with Crippen LogP contribution in [-0.4, -0.2) is 45.5 Å². The van der Waals surface area contributed by atoms with Crippen LogP contribution < -0.4 is 5.73 Å². The van der Waals surface area contributed by atoms with Crippen LogP contribution in [0.2, 0.25) is 0 Å². The summed E-state index contributed by atoms with van der Waals surface area (Å²) in [6.07, 6.45) is -1.88. The highest BCUT2D eigenvalue weighted by atomic mass is 32.2. The fourth-order valence-corrected chi connectivity index (χ4v) is 6.23. The van der Waals surface area contributed by atoms with E-state index in [4.69, 9.17) is 11.0 Å². The summed E-state index contributed by atoms with van der Waals surface area (Å²) in [6, 6.07) is 8.80. The quantitative estimate of drug-likeness (QED) is 0.448. The molecule has 2 aromatic rings. The van der Waals surface area contributed by atoms with E-state index in [0.717, 1.165) is 11.8 Å². The molecule has 3 atom stereocenters. The first kappa shape index (κ1) is 29.5.